The second-order valence-corrected chi connectivity index (χ2v) is 6.02. The minimum atomic E-state index is -0.458. The number of rotatable bonds is 7. The Morgan fingerprint density at radius 1 is 1.14 bits per heavy atom. The van der Waals surface area contributed by atoms with E-state index in [-0.39, 0.29) is 24.8 Å². The molecular weight excluding hydrogens is 362 g/mol. The SMILES string of the molecule is COc1cccc(NC(=O)N(Cc2ccc([N+](=O)[O-])cc2)Cc2ccco2)c1. The molecule has 0 aliphatic rings. The number of carbonyl (C=O) groups is 1. The number of amides is 2. The Morgan fingerprint density at radius 2 is 1.93 bits per heavy atom. The van der Waals surface area contributed by atoms with Crippen LogP contribution in [-0.4, -0.2) is 23.0 Å². The molecule has 1 aromatic heterocycles. The predicted molar refractivity (Wildman–Crippen MR) is 103 cm³/mol. The first-order chi connectivity index (χ1) is 13.5. The van der Waals surface area contributed by atoms with Crippen molar-refractivity contribution in [2.24, 2.45) is 0 Å². The molecule has 2 amide bonds. The van der Waals surface area contributed by atoms with Gasteiger partial charge in [-0.05, 0) is 29.8 Å². The van der Waals surface area contributed by atoms with E-state index in [1.807, 2.05) is 0 Å². The monoisotopic (exact) mass is 381 g/mol. The van der Waals surface area contributed by atoms with E-state index in [9.17, 15) is 14.9 Å². The van der Waals surface area contributed by atoms with E-state index in [1.54, 1.807) is 66.8 Å². The highest BCUT2D eigenvalue weighted by molar-refractivity contribution is 5.89. The zero-order valence-corrected chi connectivity index (χ0v) is 15.2. The Labute approximate surface area is 161 Å². The van der Waals surface area contributed by atoms with Crippen molar-refractivity contribution in [2.45, 2.75) is 13.1 Å². The number of nitro groups is 1. The lowest BCUT2D eigenvalue weighted by molar-refractivity contribution is -0.384. The molecule has 0 saturated carbocycles. The van der Waals surface area contributed by atoms with Crippen molar-refractivity contribution in [1.29, 1.82) is 0 Å². The van der Waals surface area contributed by atoms with Crippen molar-refractivity contribution < 1.29 is 18.9 Å². The maximum Gasteiger partial charge on any atom is 0.322 e. The molecule has 144 valence electrons. The van der Waals surface area contributed by atoms with Crippen LogP contribution in [0.25, 0.3) is 0 Å². The van der Waals surface area contributed by atoms with Gasteiger partial charge in [0.05, 0.1) is 24.8 Å². The lowest BCUT2D eigenvalue weighted by atomic mass is 10.2. The van der Waals surface area contributed by atoms with Crippen LogP contribution in [0.4, 0.5) is 16.2 Å². The number of nitrogens with zero attached hydrogens (tertiary/aromatic N) is 2. The second kappa shape index (κ2) is 8.72. The van der Waals surface area contributed by atoms with E-state index in [4.69, 9.17) is 9.15 Å². The van der Waals surface area contributed by atoms with Crippen LogP contribution in [0.15, 0.2) is 71.3 Å². The van der Waals surface area contributed by atoms with Crippen molar-refractivity contribution in [2.75, 3.05) is 12.4 Å². The van der Waals surface area contributed by atoms with Crippen molar-refractivity contribution in [3.05, 3.63) is 88.4 Å². The van der Waals surface area contributed by atoms with E-state index in [1.165, 1.54) is 12.1 Å². The van der Waals surface area contributed by atoms with Crippen LogP contribution in [-0.2, 0) is 13.1 Å². The normalized spacial score (nSPS) is 10.3. The number of methoxy groups -OCH3 is 1. The van der Waals surface area contributed by atoms with Gasteiger partial charge < -0.3 is 19.4 Å². The van der Waals surface area contributed by atoms with Crippen molar-refractivity contribution in [3.63, 3.8) is 0 Å². The summed E-state index contributed by atoms with van der Waals surface area (Å²) in [6.07, 6.45) is 1.54. The highest BCUT2D eigenvalue weighted by Gasteiger charge is 2.17. The molecule has 28 heavy (non-hydrogen) atoms. The Hall–Kier alpha value is -3.81. The molecule has 0 bridgehead atoms. The van der Waals surface area contributed by atoms with Crippen LogP contribution in [0.5, 0.6) is 5.75 Å². The molecule has 0 spiro atoms. The molecule has 0 atom stereocenters. The lowest BCUT2D eigenvalue weighted by Gasteiger charge is -2.22. The first-order valence-corrected chi connectivity index (χ1v) is 8.51. The van der Waals surface area contributed by atoms with Gasteiger partial charge in [0, 0.05) is 30.4 Å². The zero-order chi connectivity index (χ0) is 19.9. The first kappa shape index (κ1) is 19.0. The number of non-ortho nitro benzene ring substituents is 1. The molecule has 0 aliphatic heterocycles. The molecule has 0 radical (unpaired) electrons. The third kappa shape index (κ3) is 4.88. The second-order valence-electron chi connectivity index (χ2n) is 6.02. The van der Waals surface area contributed by atoms with Crippen molar-refractivity contribution >= 4 is 17.4 Å². The molecular formula is C20H19N3O5. The molecule has 0 saturated heterocycles. The van der Waals surface area contributed by atoms with Gasteiger partial charge in [-0.1, -0.05) is 18.2 Å². The predicted octanol–water partition coefficient (Wildman–Crippen LogP) is 4.43. The minimum absolute atomic E-state index is 0.00201. The summed E-state index contributed by atoms with van der Waals surface area (Å²) in [5, 5.41) is 13.7. The smallest absolute Gasteiger partial charge is 0.322 e. The van der Waals surface area contributed by atoms with Crippen molar-refractivity contribution in [1.82, 2.24) is 4.90 Å². The average molecular weight is 381 g/mol. The summed E-state index contributed by atoms with van der Waals surface area (Å²) in [5.41, 5.74) is 1.36. The first-order valence-electron chi connectivity index (χ1n) is 8.51. The summed E-state index contributed by atoms with van der Waals surface area (Å²) in [5.74, 6) is 1.26. The minimum Gasteiger partial charge on any atom is -0.497 e. The topological polar surface area (TPSA) is 97.8 Å². The highest BCUT2D eigenvalue weighted by atomic mass is 16.6. The van der Waals surface area contributed by atoms with Gasteiger partial charge in [-0.15, -0.1) is 0 Å². The number of anilines is 1. The largest absolute Gasteiger partial charge is 0.497 e. The number of urea groups is 1. The Bertz CT molecular complexity index is 939. The van der Waals surface area contributed by atoms with E-state index in [2.05, 4.69) is 5.32 Å². The fourth-order valence-electron chi connectivity index (χ4n) is 2.64. The van der Waals surface area contributed by atoms with Gasteiger partial charge in [-0.3, -0.25) is 10.1 Å². The Balaban J connectivity index is 1.77. The molecule has 1 N–H and O–H groups in total. The molecule has 0 aliphatic carbocycles. The molecule has 3 rings (SSSR count). The van der Waals surface area contributed by atoms with Gasteiger partial charge in [0.2, 0.25) is 0 Å². The maximum atomic E-state index is 12.8. The summed E-state index contributed by atoms with van der Waals surface area (Å²) < 4.78 is 10.5. The van der Waals surface area contributed by atoms with Crippen LogP contribution in [0.2, 0.25) is 0 Å². The Kier molecular flexibility index (Phi) is 5.91. The molecule has 1 heterocycles. The van der Waals surface area contributed by atoms with Gasteiger partial charge in [-0.25, -0.2) is 4.79 Å². The number of hydrogen-bond acceptors (Lipinski definition) is 5. The number of ether oxygens (including phenoxy) is 1. The molecule has 2 aromatic carbocycles. The number of nitro benzene ring substituents is 1. The fraction of sp³-hybridized carbons (Fsp3) is 0.150. The average Bonchev–Trinajstić information content (AvgIpc) is 3.21. The Morgan fingerprint density at radius 3 is 2.57 bits per heavy atom. The summed E-state index contributed by atoms with van der Waals surface area (Å²) in [7, 11) is 1.55. The van der Waals surface area contributed by atoms with Gasteiger partial charge in [-0.2, -0.15) is 0 Å². The summed E-state index contributed by atoms with van der Waals surface area (Å²) >= 11 is 0. The third-order valence-corrected chi connectivity index (χ3v) is 4.06. The number of hydrogen-bond donors (Lipinski definition) is 1. The van der Waals surface area contributed by atoms with Crippen LogP contribution in [0.1, 0.15) is 11.3 Å². The van der Waals surface area contributed by atoms with E-state index >= 15 is 0 Å². The lowest BCUT2D eigenvalue weighted by Crippen LogP contribution is -2.34. The molecule has 3 aromatic rings. The van der Waals surface area contributed by atoms with Crippen molar-refractivity contribution in [3.8, 4) is 5.75 Å². The number of carbonyl (C=O) groups excluding carboxylic acids is 1. The van der Waals surface area contributed by atoms with Gasteiger partial charge >= 0.3 is 6.03 Å². The van der Waals surface area contributed by atoms with Gasteiger partial charge in [0.15, 0.2) is 0 Å². The number of furan rings is 1. The van der Waals surface area contributed by atoms with Gasteiger partial charge in [0.1, 0.15) is 11.5 Å². The van der Waals surface area contributed by atoms with Crippen LogP contribution in [0, 0.1) is 10.1 Å². The molecule has 8 nitrogen and oxygen atoms in total. The van der Waals surface area contributed by atoms with Crippen LogP contribution < -0.4 is 10.1 Å². The third-order valence-electron chi connectivity index (χ3n) is 4.06. The van der Waals surface area contributed by atoms with Gasteiger partial charge in [0.25, 0.3) is 5.69 Å². The molecule has 8 heteroatoms. The quantitative estimate of drug-likeness (QED) is 0.482. The number of nitrogens with one attached hydrogen (secondary N) is 1. The molecule has 0 unspecified atom stereocenters. The van der Waals surface area contributed by atoms with Crippen LogP contribution in [0.3, 0.4) is 0 Å². The summed E-state index contributed by atoms with van der Waals surface area (Å²) in [6.45, 7) is 0.508. The summed E-state index contributed by atoms with van der Waals surface area (Å²) in [6, 6.07) is 16.3. The highest BCUT2D eigenvalue weighted by Crippen LogP contribution is 2.19. The number of benzene rings is 2. The summed E-state index contributed by atoms with van der Waals surface area (Å²) in [4.78, 5) is 24.8. The van der Waals surface area contributed by atoms with E-state index < -0.39 is 4.92 Å². The zero-order valence-electron chi connectivity index (χ0n) is 15.2. The maximum absolute atomic E-state index is 12.8. The van der Waals surface area contributed by atoms with E-state index in [0.29, 0.717) is 17.2 Å². The molecule has 0 fully saturated rings. The van der Waals surface area contributed by atoms with Crippen LogP contribution >= 0.6 is 0 Å². The fourth-order valence-corrected chi connectivity index (χ4v) is 2.64. The standard InChI is InChI=1S/C20H19N3O5/c1-27-18-5-2-4-16(12-18)21-20(24)22(14-19-6-3-11-28-19)13-15-7-9-17(10-8-15)23(25)26/h2-12H,13-14H2,1H3,(H,21,24). The van der Waals surface area contributed by atoms with E-state index in [0.717, 1.165) is 5.56 Å².